The highest BCUT2D eigenvalue weighted by molar-refractivity contribution is 7.89. The molecule has 10 nitrogen and oxygen atoms in total. The number of benzene rings is 2. The minimum Gasteiger partial charge on any atom is -0.391 e. The summed E-state index contributed by atoms with van der Waals surface area (Å²) in [7, 11) is 0.217. The molecule has 0 unspecified atom stereocenters. The van der Waals surface area contributed by atoms with Gasteiger partial charge in [0.25, 0.3) is 5.91 Å². The van der Waals surface area contributed by atoms with Crippen LogP contribution < -0.4 is 10.7 Å². The summed E-state index contributed by atoms with van der Waals surface area (Å²) in [6, 6.07) is 4.49. The lowest BCUT2D eigenvalue weighted by Gasteiger charge is -2.41. The van der Waals surface area contributed by atoms with Crippen molar-refractivity contribution in [1.82, 2.24) is 19.4 Å². The van der Waals surface area contributed by atoms with Gasteiger partial charge >= 0.3 is 5.76 Å². The minimum absolute atomic E-state index is 0.114. The highest BCUT2D eigenvalue weighted by Gasteiger charge is 2.46. The molecule has 0 spiro atoms. The van der Waals surface area contributed by atoms with E-state index in [1.807, 2.05) is 6.92 Å². The molecular formula is C24H27ClFN5O5S. The first-order chi connectivity index (χ1) is 17.2. The highest BCUT2D eigenvalue weighted by Crippen LogP contribution is 2.45. The van der Waals surface area contributed by atoms with Gasteiger partial charge in [0.05, 0.1) is 17.9 Å². The summed E-state index contributed by atoms with van der Waals surface area (Å²) in [6.07, 6.45) is 0. The third kappa shape index (κ3) is 4.53. The summed E-state index contributed by atoms with van der Waals surface area (Å²) in [6.45, 7) is 5.00. The summed E-state index contributed by atoms with van der Waals surface area (Å²) in [5.74, 6) is -3.04. The van der Waals surface area contributed by atoms with E-state index < -0.39 is 39.5 Å². The molecule has 0 saturated carbocycles. The van der Waals surface area contributed by atoms with Gasteiger partial charge in [-0.05, 0) is 48.7 Å². The molecule has 3 aromatic rings. The molecule has 0 radical (unpaired) electrons. The van der Waals surface area contributed by atoms with E-state index in [1.54, 1.807) is 31.9 Å². The van der Waals surface area contributed by atoms with Crippen LogP contribution >= 0.6 is 11.6 Å². The molecule has 0 aliphatic carbocycles. The summed E-state index contributed by atoms with van der Waals surface area (Å²) in [5, 5.41) is 6.28. The van der Waals surface area contributed by atoms with Crippen molar-refractivity contribution in [3.8, 4) is 0 Å². The second-order valence-electron chi connectivity index (χ2n) is 9.32. The van der Waals surface area contributed by atoms with Gasteiger partial charge in [-0.1, -0.05) is 24.6 Å². The van der Waals surface area contributed by atoms with Crippen LogP contribution in [0.15, 0.2) is 38.4 Å². The number of aromatic amines is 1. The monoisotopic (exact) mass is 551 g/mol. The maximum Gasteiger partial charge on any atom is 0.434 e. The van der Waals surface area contributed by atoms with Crippen LogP contribution in [0.1, 0.15) is 51.8 Å². The summed E-state index contributed by atoms with van der Waals surface area (Å²) in [5.41, 5.74) is 1.83. The highest BCUT2D eigenvalue weighted by atomic mass is 35.5. The smallest absolute Gasteiger partial charge is 0.391 e. The fourth-order valence-electron chi connectivity index (χ4n) is 4.73. The van der Waals surface area contributed by atoms with E-state index >= 15 is 4.39 Å². The van der Waals surface area contributed by atoms with Gasteiger partial charge in [0, 0.05) is 32.1 Å². The number of carbonyl (C=O) groups excluding carboxylic acids is 1. The van der Waals surface area contributed by atoms with Crippen molar-refractivity contribution in [1.29, 1.82) is 0 Å². The number of sulfonamides is 1. The number of anilines is 1. The Morgan fingerprint density at radius 1 is 1.27 bits per heavy atom. The molecule has 2 heterocycles. The summed E-state index contributed by atoms with van der Waals surface area (Å²) < 4.78 is 50.0. The van der Waals surface area contributed by atoms with Crippen molar-refractivity contribution >= 4 is 33.2 Å². The van der Waals surface area contributed by atoms with E-state index in [2.05, 4.69) is 10.2 Å². The van der Waals surface area contributed by atoms with Gasteiger partial charge in [-0.25, -0.2) is 22.7 Å². The van der Waals surface area contributed by atoms with Crippen LogP contribution in [0.25, 0.3) is 0 Å². The standard InChI is InChI=1S/C24H27ClFN5O5S/c1-12-7-8-17(26)19(13(12)2)14(3)20(22-27-28-24(33)36-22)31-11-30(6)18-10-15(25)9-16(23(32)29(4)5)21(18)37(31,34)35/h7-10,14,20H,11H2,1-6H3,(H,28,33)/t14-,20-/m0/s1. The topological polar surface area (TPSA) is 120 Å². The first kappa shape index (κ1) is 26.8. The first-order valence-electron chi connectivity index (χ1n) is 11.3. The summed E-state index contributed by atoms with van der Waals surface area (Å²) in [4.78, 5) is 27.5. The lowest BCUT2D eigenvalue weighted by Crippen LogP contribution is -2.48. The number of nitrogens with zero attached hydrogens (tertiary/aromatic N) is 4. The lowest BCUT2D eigenvalue weighted by molar-refractivity contribution is 0.0823. The normalized spacial score (nSPS) is 16.8. The van der Waals surface area contributed by atoms with E-state index in [9.17, 15) is 18.0 Å². The van der Waals surface area contributed by atoms with Gasteiger partial charge < -0.3 is 14.2 Å². The fraction of sp³-hybridized carbons (Fsp3) is 0.375. The van der Waals surface area contributed by atoms with Crippen molar-refractivity contribution in [3.05, 3.63) is 73.8 Å². The predicted molar refractivity (Wildman–Crippen MR) is 136 cm³/mol. The molecule has 1 aromatic heterocycles. The second kappa shape index (κ2) is 9.58. The largest absolute Gasteiger partial charge is 0.434 e. The third-order valence-corrected chi connectivity index (χ3v) is 8.80. The molecular weight excluding hydrogens is 525 g/mol. The van der Waals surface area contributed by atoms with Crippen molar-refractivity contribution in [3.63, 3.8) is 0 Å². The molecule has 13 heteroatoms. The number of rotatable bonds is 5. The van der Waals surface area contributed by atoms with Crippen molar-refractivity contribution in [2.24, 2.45) is 0 Å². The Balaban J connectivity index is 1.98. The number of hydrogen-bond acceptors (Lipinski definition) is 7. The molecule has 37 heavy (non-hydrogen) atoms. The van der Waals surface area contributed by atoms with E-state index in [0.717, 1.165) is 9.87 Å². The van der Waals surface area contributed by atoms with Gasteiger partial charge in [0.2, 0.25) is 15.9 Å². The molecule has 4 rings (SSSR count). The SMILES string of the molecule is Cc1ccc(F)c([C@H](C)[C@@H](c2n[nH]c(=O)o2)N2CN(C)c3cc(Cl)cc(C(=O)N(C)C)c3S2(=O)=O)c1C. The molecule has 1 aliphatic heterocycles. The van der Waals surface area contributed by atoms with Crippen LogP contribution in [0.5, 0.6) is 0 Å². The number of amides is 1. The van der Waals surface area contributed by atoms with Gasteiger partial charge in [-0.15, -0.1) is 5.10 Å². The Morgan fingerprint density at radius 3 is 2.54 bits per heavy atom. The molecule has 0 fully saturated rings. The molecule has 2 atom stereocenters. The molecule has 2 aromatic carbocycles. The van der Waals surface area contributed by atoms with Crippen LogP contribution in [0.4, 0.5) is 10.1 Å². The predicted octanol–water partition coefficient (Wildman–Crippen LogP) is 3.42. The molecule has 1 amide bonds. The number of H-pyrrole nitrogens is 1. The zero-order valence-corrected chi connectivity index (χ0v) is 22.7. The third-order valence-electron chi connectivity index (χ3n) is 6.68. The minimum atomic E-state index is -4.42. The quantitative estimate of drug-likeness (QED) is 0.516. The molecule has 198 valence electrons. The number of hydrogen-bond donors (Lipinski definition) is 1. The molecule has 0 bridgehead atoms. The Morgan fingerprint density at radius 2 is 1.95 bits per heavy atom. The fourth-order valence-corrected chi connectivity index (χ4v) is 6.97. The van der Waals surface area contributed by atoms with Crippen molar-refractivity contribution < 1.29 is 22.0 Å². The van der Waals surface area contributed by atoms with Gasteiger partial charge in [0.15, 0.2) is 0 Å². The van der Waals surface area contributed by atoms with Gasteiger partial charge in [-0.2, -0.15) is 4.31 Å². The van der Waals surface area contributed by atoms with Crippen LogP contribution in [-0.2, 0) is 10.0 Å². The number of carbonyl (C=O) groups is 1. The summed E-state index contributed by atoms with van der Waals surface area (Å²) >= 11 is 6.26. The van der Waals surface area contributed by atoms with Gasteiger partial charge in [-0.3, -0.25) is 4.79 Å². The Labute approximate surface area is 218 Å². The Hall–Kier alpha value is -3.22. The number of aryl methyl sites for hydroxylation is 1. The first-order valence-corrected chi connectivity index (χ1v) is 13.2. The average molecular weight is 552 g/mol. The molecule has 0 saturated heterocycles. The van der Waals surface area contributed by atoms with Crippen molar-refractivity contribution in [2.75, 3.05) is 32.7 Å². The van der Waals surface area contributed by atoms with Crippen molar-refractivity contribution in [2.45, 2.75) is 37.6 Å². The van der Waals surface area contributed by atoms with E-state index in [4.69, 9.17) is 16.0 Å². The number of halogens is 2. The maximum absolute atomic E-state index is 15.2. The Bertz CT molecular complexity index is 1550. The zero-order chi connectivity index (χ0) is 27.4. The average Bonchev–Trinajstić information content (AvgIpc) is 3.24. The van der Waals surface area contributed by atoms with Crippen LogP contribution in [0.2, 0.25) is 5.02 Å². The molecule has 1 aliphatic rings. The number of nitrogens with one attached hydrogen (secondary N) is 1. The molecule has 1 N–H and O–H groups in total. The second-order valence-corrected chi connectivity index (χ2v) is 11.6. The van der Waals surface area contributed by atoms with E-state index in [-0.39, 0.29) is 39.3 Å². The van der Waals surface area contributed by atoms with Gasteiger partial charge in [0.1, 0.15) is 16.8 Å². The maximum atomic E-state index is 15.2. The van der Waals surface area contributed by atoms with Crippen LogP contribution in [0.3, 0.4) is 0 Å². The van der Waals surface area contributed by atoms with Crippen LogP contribution in [0, 0.1) is 19.7 Å². The number of fused-ring (bicyclic) bond motifs is 1. The van der Waals surface area contributed by atoms with E-state index in [0.29, 0.717) is 5.56 Å². The van der Waals surface area contributed by atoms with E-state index in [1.165, 1.54) is 37.2 Å². The Kier molecular flexibility index (Phi) is 6.95. The number of aromatic nitrogens is 2. The van der Waals surface area contributed by atoms with Crippen LogP contribution in [-0.4, -0.2) is 61.5 Å². The zero-order valence-electron chi connectivity index (χ0n) is 21.2. The lowest BCUT2D eigenvalue weighted by atomic mass is 9.87.